The van der Waals surface area contributed by atoms with Crippen LogP contribution in [-0.4, -0.2) is 42.2 Å². The smallest absolute Gasteiger partial charge is 0.321 e. The fourth-order valence-corrected chi connectivity index (χ4v) is 7.03. The number of nitrogens with one attached hydrogen (secondary N) is 1. The van der Waals surface area contributed by atoms with E-state index >= 15 is 0 Å². The normalized spacial score (nSPS) is 19.4. The SMILES string of the molecule is O=C(Nc1ccncc1)N1CCC(C2(S(=O)(=O)c3cccc(F)c3)CCC2)CC1. The molecule has 8 heteroatoms. The summed E-state index contributed by atoms with van der Waals surface area (Å²) in [5.74, 6) is -0.572. The van der Waals surface area contributed by atoms with Crippen molar-refractivity contribution in [3.05, 3.63) is 54.6 Å². The topological polar surface area (TPSA) is 79.4 Å². The van der Waals surface area contributed by atoms with E-state index in [0.29, 0.717) is 44.5 Å². The Bertz CT molecular complexity index is 985. The number of nitrogens with zero attached hydrogens (tertiary/aromatic N) is 2. The van der Waals surface area contributed by atoms with Crippen molar-refractivity contribution in [3.8, 4) is 0 Å². The molecule has 154 valence electrons. The molecular weight excluding hydrogens is 393 g/mol. The molecule has 1 saturated carbocycles. The van der Waals surface area contributed by atoms with Gasteiger partial charge in [-0.3, -0.25) is 4.98 Å². The van der Waals surface area contributed by atoms with Crippen LogP contribution in [0.15, 0.2) is 53.7 Å². The number of likely N-dealkylation sites (tertiary alicyclic amines) is 1. The van der Waals surface area contributed by atoms with E-state index in [0.717, 1.165) is 12.5 Å². The number of hydrogen-bond donors (Lipinski definition) is 1. The Hall–Kier alpha value is -2.48. The first-order chi connectivity index (χ1) is 13.9. The van der Waals surface area contributed by atoms with Crippen LogP contribution < -0.4 is 5.32 Å². The van der Waals surface area contributed by atoms with Crippen molar-refractivity contribution in [1.29, 1.82) is 0 Å². The van der Waals surface area contributed by atoms with Crippen molar-refractivity contribution < 1.29 is 17.6 Å². The van der Waals surface area contributed by atoms with Crippen LogP contribution in [0.4, 0.5) is 14.9 Å². The lowest BCUT2D eigenvalue weighted by Crippen LogP contribution is -2.55. The molecule has 0 radical (unpaired) electrons. The number of amides is 2. The second-order valence-electron chi connectivity index (χ2n) is 7.81. The minimum absolute atomic E-state index is 0.0329. The number of carbonyl (C=O) groups is 1. The number of sulfone groups is 1. The highest BCUT2D eigenvalue weighted by Gasteiger charge is 2.55. The molecule has 6 nitrogen and oxygen atoms in total. The van der Waals surface area contributed by atoms with Crippen molar-refractivity contribution in [2.75, 3.05) is 18.4 Å². The van der Waals surface area contributed by atoms with Crippen LogP contribution in [0.25, 0.3) is 0 Å². The first-order valence-corrected chi connectivity index (χ1v) is 11.4. The molecule has 1 saturated heterocycles. The lowest BCUT2D eigenvalue weighted by atomic mass is 9.71. The van der Waals surface area contributed by atoms with Crippen LogP contribution in [0.2, 0.25) is 0 Å². The standard InChI is InChI=1S/C21H24FN3O3S/c22-17-3-1-4-19(15-17)29(27,28)21(9-2-10-21)16-7-13-25(14-8-16)20(26)24-18-5-11-23-12-6-18/h1,3-6,11-12,15-16H,2,7-10,13-14H2,(H,23,24,26). The summed E-state index contributed by atoms with van der Waals surface area (Å²) in [5, 5.41) is 2.84. The second-order valence-corrected chi connectivity index (χ2v) is 10.1. The highest BCUT2D eigenvalue weighted by atomic mass is 32.2. The zero-order valence-electron chi connectivity index (χ0n) is 16.1. The number of anilines is 1. The number of aromatic nitrogens is 1. The number of rotatable bonds is 4. The monoisotopic (exact) mass is 417 g/mol. The van der Waals surface area contributed by atoms with Gasteiger partial charge in [-0.1, -0.05) is 12.5 Å². The number of piperidine rings is 1. The van der Waals surface area contributed by atoms with Gasteiger partial charge < -0.3 is 10.2 Å². The average Bonchev–Trinajstić information content (AvgIpc) is 2.68. The van der Waals surface area contributed by atoms with Gasteiger partial charge in [0.05, 0.1) is 9.64 Å². The molecule has 1 aromatic heterocycles. The quantitative estimate of drug-likeness (QED) is 0.819. The van der Waals surface area contributed by atoms with E-state index in [-0.39, 0.29) is 16.8 Å². The maximum atomic E-state index is 13.6. The first kappa shape index (κ1) is 19.8. The third-order valence-electron chi connectivity index (χ3n) is 6.30. The van der Waals surface area contributed by atoms with Crippen LogP contribution in [0.3, 0.4) is 0 Å². The number of benzene rings is 1. The molecular formula is C21H24FN3O3S. The van der Waals surface area contributed by atoms with Gasteiger partial charge in [0, 0.05) is 31.2 Å². The van der Waals surface area contributed by atoms with Gasteiger partial charge in [0.15, 0.2) is 9.84 Å². The Labute approximate surface area is 170 Å². The molecule has 0 unspecified atom stereocenters. The second kappa shape index (κ2) is 7.74. The van der Waals surface area contributed by atoms with Crippen LogP contribution in [-0.2, 0) is 9.84 Å². The summed E-state index contributed by atoms with van der Waals surface area (Å²) < 4.78 is 39.6. The highest BCUT2D eigenvalue weighted by molar-refractivity contribution is 7.93. The number of halogens is 1. The first-order valence-electron chi connectivity index (χ1n) is 9.88. The van der Waals surface area contributed by atoms with E-state index in [1.807, 2.05) is 0 Å². The minimum Gasteiger partial charge on any atom is -0.325 e. The number of hydrogen-bond acceptors (Lipinski definition) is 4. The van der Waals surface area contributed by atoms with Gasteiger partial charge in [-0.05, 0) is 61.9 Å². The van der Waals surface area contributed by atoms with Crippen LogP contribution in [0.5, 0.6) is 0 Å². The Morgan fingerprint density at radius 2 is 1.83 bits per heavy atom. The van der Waals surface area contributed by atoms with Gasteiger partial charge in [-0.25, -0.2) is 17.6 Å². The Morgan fingerprint density at radius 1 is 1.14 bits per heavy atom. The third kappa shape index (κ3) is 3.61. The number of urea groups is 1. The van der Waals surface area contributed by atoms with Gasteiger partial charge in [0.2, 0.25) is 0 Å². The molecule has 1 aromatic carbocycles. The third-order valence-corrected chi connectivity index (χ3v) is 8.99. The van der Waals surface area contributed by atoms with Gasteiger partial charge in [-0.2, -0.15) is 0 Å². The van der Waals surface area contributed by atoms with Crippen molar-refractivity contribution in [3.63, 3.8) is 0 Å². The number of pyridine rings is 1. The Morgan fingerprint density at radius 3 is 2.41 bits per heavy atom. The molecule has 0 atom stereocenters. The fraction of sp³-hybridized carbons (Fsp3) is 0.429. The van der Waals surface area contributed by atoms with Crippen molar-refractivity contribution in [1.82, 2.24) is 9.88 Å². The molecule has 2 aliphatic rings. The minimum atomic E-state index is -3.64. The molecule has 2 aromatic rings. The highest BCUT2D eigenvalue weighted by Crippen LogP contribution is 2.51. The van der Waals surface area contributed by atoms with Crippen LogP contribution in [0.1, 0.15) is 32.1 Å². The van der Waals surface area contributed by atoms with Gasteiger partial charge >= 0.3 is 6.03 Å². The zero-order chi connectivity index (χ0) is 20.5. The van der Waals surface area contributed by atoms with Gasteiger partial charge in [0.1, 0.15) is 5.82 Å². The summed E-state index contributed by atoms with van der Waals surface area (Å²) in [6, 6.07) is 8.56. The van der Waals surface area contributed by atoms with Crippen molar-refractivity contribution >= 4 is 21.6 Å². The van der Waals surface area contributed by atoms with E-state index in [1.165, 1.54) is 18.2 Å². The molecule has 2 fully saturated rings. The van der Waals surface area contributed by atoms with E-state index < -0.39 is 20.4 Å². The largest absolute Gasteiger partial charge is 0.325 e. The summed E-state index contributed by atoms with van der Waals surface area (Å²) in [5.41, 5.74) is 0.677. The van der Waals surface area contributed by atoms with Crippen molar-refractivity contribution in [2.24, 2.45) is 5.92 Å². The van der Waals surface area contributed by atoms with Gasteiger partial charge in [-0.15, -0.1) is 0 Å². The molecule has 4 rings (SSSR count). The summed E-state index contributed by atoms with van der Waals surface area (Å²) in [4.78, 5) is 18.2. The zero-order valence-corrected chi connectivity index (χ0v) is 16.9. The van der Waals surface area contributed by atoms with Crippen LogP contribution in [0, 0.1) is 11.7 Å². The van der Waals surface area contributed by atoms with E-state index in [1.54, 1.807) is 29.4 Å². The van der Waals surface area contributed by atoms with E-state index in [2.05, 4.69) is 10.3 Å². The predicted molar refractivity (Wildman–Crippen MR) is 108 cm³/mol. The molecule has 2 amide bonds. The summed E-state index contributed by atoms with van der Waals surface area (Å²) in [7, 11) is -3.64. The van der Waals surface area contributed by atoms with E-state index in [9.17, 15) is 17.6 Å². The summed E-state index contributed by atoms with van der Waals surface area (Å²) >= 11 is 0. The lowest BCUT2D eigenvalue weighted by molar-refractivity contribution is 0.136. The predicted octanol–water partition coefficient (Wildman–Crippen LogP) is 3.86. The average molecular weight is 418 g/mol. The molecule has 0 spiro atoms. The number of carbonyl (C=O) groups excluding carboxylic acids is 1. The summed E-state index contributed by atoms with van der Waals surface area (Å²) in [6.07, 6.45) is 6.52. The Kier molecular flexibility index (Phi) is 5.29. The van der Waals surface area contributed by atoms with Crippen LogP contribution >= 0.6 is 0 Å². The molecule has 2 heterocycles. The molecule has 0 bridgehead atoms. The molecule has 29 heavy (non-hydrogen) atoms. The lowest BCUT2D eigenvalue weighted by Gasteiger charge is -2.49. The van der Waals surface area contributed by atoms with Gasteiger partial charge in [0.25, 0.3) is 0 Å². The van der Waals surface area contributed by atoms with Crippen molar-refractivity contribution in [2.45, 2.75) is 41.7 Å². The Balaban J connectivity index is 1.46. The molecule has 1 N–H and O–H groups in total. The summed E-state index contributed by atoms with van der Waals surface area (Å²) in [6.45, 7) is 1.00. The molecule has 1 aliphatic carbocycles. The maximum Gasteiger partial charge on any atom is 0.321 e. The van der Waals surface area contributed by atoms with E-state index in [4.69, 9.17) is 0 Å². The fourth-order valence-electron chi connectivity index (χ4n) is 4.54. The maximum absolute atomic E-state index is 13.6. The molecule has 1 aliphatic heterocycles.